The van der Waals surface area contributed by atoms with Gasteiger partial charge in [-0.3, -0.25) is 4.79 Å². The minimum Gasteiger partial charge on any atom is -0.383 e. The highest BCUT2D eigenvalue weighted by Gasteiger charge is 2.00. The topological polar surface area (TPSA) is 38.3 Å². The summed E-state index contributed by atoms with van der Waals surface area (Å²) in [4.78, 5) is 11.3. The first-order chi connectivity index (χ1) is 7.83. The van der Waals surface area contributed by atoms with Crippen molar-refractivity contribution in [3.05, 3.63) is 35.9 Å². The molecule has 0 fully saturated rings. The third-order valence-corrected chi connectivity index (χ3v) is 2.34. The molecule has 1 aromatic carbocycles. The number of amides is 1. The average molecular weight is 221 g/mol. The molecule has 0 radical (unpaired) electrons. The van der Waals surface area contributed by atoms with Gasteiger partial charge in [0.15, 0.2) is 0 Å². The van der Waals surface area contributed by atoms with Gasteiger partial charge in [0.05, 0.1) is 6.61 Å². The number of benzene rings is 1. The molecule has 0 saturated carbocycles. The molecule has 0 saturated heterocycles. The third-order valence-electron chi connectivity index (χ3n) is 2.34. The number of hydrogen-bond donors (Lipinski definition) is 1. The fraction of sp³-hybridized carbons (Fsp3) is 0.462. The molecule has 0 atom stereocenters. The number of ether oxygens (including phenoxy) is 1. The normalized spacial score (nSPS) is 10.1. The van der Waals surface area contributed by atoms with Gasteiger partial charge in [0.2, 0.25) is 5.91 Å². The van der Waals surface area contributed by atoms with E-state index < -0.39 is 0 Å². The van der Waals surface area contributed by atoms with Crippen LogP contribution in [0.25, 0.3) is 0 Å². The zero-order valence-corrected chi connectivity index (χ0v) is 9.74. The monoisotopic (exact) mass is 221 g/mol. The molecular weight excluding hydrogens is 202 g/mol. The summed E-state index contributed by atoms with van der Waals surface area (Å²) in [6.45, 7) is 1.17. The lowest BCUT2D eigenvalue weighted by Crippen LogP contribution is -2.26. The molecule has 1 N–H and O–H groups in total. The number of methoxy groups -OCH3 is 1. The largest absolute Gasteiger partial charge is 0.383 e. The number of carbonyl (C=O) groups is 1. The van der Waals surface area contributed by atoms with Gasteiger partial charge in [-0.15, -0.1) is 0 Å². The third kappa shape index (κ3) is 5.51. The highest BCUT2D eigenvalue weighted by Crippen LogP contribution is 2.04. The highest BCUT2D eigenvalue weighted by atomic mass is 16.5. The second kappa shape index (κ2) is 7.88. The van der Waals surface area contributed by atoms with Crippen LogP contribution in [0.3, 0.4) is 0 Å². The molecule has 16 heavy (non-hydrogen) atoms. The van der Waals surface area contributed by atoms with Crippen LogP contribution in [0.15, 0.2) is 30.3 Å². The fourth-order valence-corrected chi connectivity index (χ4v) is 1.48. The van der Waals surface area contributed by atoms with Gasteiger partial charge in [-0.05, 0) is 18.4 Å². The van der Waals surface area contributed by atoms with Gasteiger partial charge in [0.1, 0.15) is 0 Å². The Morgan fingerprint density at radius 3 is 2.75 bits per heavy atom. The maximum Gasteiger partial charge on any atom is 0.220 e. The van der Waals surface area contributed by atoms with E-state index in [4.69, 9.17) is 4.74 Å². The van der Waals surface area contributed by atoms with Crippen molar-refractivity contribution in [1.29, 1.82) is 0 Å². The summed E-state index contributed by atoms with van der Waals surface area (Å²) in [6, 6.07) is 10.2. The second-order valence-corrected chi connectivity index (χ2v) is 3.68. The number of nitrogens with one attached hydrogen (secondary N) is 1. The van der Waals surface area contributed by atoms with E-state index in [1.165, 1.54) is 5.56 Å². The molecule has 0 spiro atoms. The van der Waals surface area contributed by atoms with E-state index in [1.54, 1.807) is 7.11 Å². The first-order valence-electron chi connectivity index (χ1n) is 5.62. The Labute approximate surface area is 96.8 Å². The fourth-order valence-electron chi connectivity index (χ4n) is 1.48. The smallest absolute Gasteiger partial charge is 0.220 e. The number of aryl methyl sites for hydroxylation is 1. The molecule has 0 aliphatic rings. The predicted molar refractivity (Wildman–Crippen MR) is 64.3 cm³/mol. The van der Waals surface area contributed by atoms with Crippen LogP contribution >= 0.6 is 0 Å². The van der Waals surface area contributed by atoms with Crippen LogP contribution in [0.2, 0.25) is 0 Å². The lowest BCUT2D eigenvalue weighted by Gasteiger charge is -2.04. The summed E-state index contributed by atoms with van der Waals surface area (Å²) in [7, 11) is 1.63. The van der Waals surface area contributed by atoms with Crippen molar-refractivity contribution >= 4 is 5.91 Å². The van der Waals surface area contributed by atoms with Crippen molar-refractivity contribution in [3.8, 4) is 0 Å². The molecule has 0 unspecified atom stereocenters. The molecule has 1 rings (SSSR count). The Morgan fingerprint density at radius 1 is 1.31 bits per heavy atom. The van der Waals surface area contributed by atoms with Gasteiger partial charge in [-0.2, -0.15) is 0 Å². The van der Waals surface area contributed by atoms with E-state index in [1.807, 2.05) is 18.2 Å². The Hall–Kier alpha value is -1.35. The van der Waals surface area contributed by atoms with Crippen molar-refractivity contribution in [1.82, 2.24) is 5.32 Å². The zero-order valence-electron chi connectivity index (χ0n) is 9.74. The van der Waals surface area contributed by atoms with Crippen molar-refractivity contribution in [2.75, 3.05) is 20.3 Å². The Kier molecular flexibility index (Phi) is 6.26. The van der Waals surface area contributed by atoms with Gasteiger partial charge in [0.25, 0.3) is 0 Å². The molecule has 0 bridgehead atoms. The van der Waals surface area contributed by atoms with Crippen molar-refractivity contribution < 1.29 is 9.53 Å². The van der Waals surface area contributed by atoms with Crippen molar-refractivity contribution in [2.24, 2.45) is 0 Å². The van der Waals surface area contributed by atoms with Gasteiger partial charge < -0.3 is 10.1 Å². The van der Waals surface area contributed by atoms with Crippen LogP contribution in [0.5, 0.6) is 0 Å². The minimum absolute atomic E-state index is 0.105. The van der Waals surface area contributed by atoms with Gasteiger partial charge in [-0.1, -0.05) is 30.3 Å². The van der Waals surface area contributed by atoms with Gasteiger partial charge in [-0.25, -0.2) is 0 Å². The van der Waals surface area contributed by atoms with E-state index >= 15 is 0 Å². The average Bonchev–Trinajstić information content (AvgIpc) is 2.31. The first kappa shape index (κ1) is 12.7. The number of carbonyl (C=O) groups excluding carboxylic acids is 1. The molecule has 3 heteroatoms. The Balaban J connectivity index is 2.09. The highest BCUT2D eigenvalue weighted by molar-refractivity contribution is 5.75. The van der Waals surface area contributed by atoms with Crippen LogP contribution < -0.4 is 5.32 Å². The standard InChI is InChI=1S/C13H19NO2/c1-16-11-10-14-13(15)9-5-8-12-6-3-2-4-7-12/h2-4,6-7H,5,8-11H2,1H3,(H,14,15). The molecule has 0 aromatic heterocycles. The summed E-state index contributed by atoms with van der Waals surface area (Å²) in [5.41, 5.74) is 1.28. The van der Waals surface area contributed by atoms with Crippen LogP contribution in [-0.2, 0) is 16.0 Å². The summed E-state index contributed by atoms with van der Waals surface area (Å²) in [5, 5.41) is 2.81. The van der Waals surface area contributed by atoms with E-state index in [0.29, 0.717) is 19.6 Å². The van der Waals surface area contributed by atoms with Gasteiger partial charge >= 0.3 is 0 Å². The molecule has 1 amide bonds. The zero-order chi connectivity index (χ0) is 11.6. The quantitative estimate of drug-likeness (QED) is 0.713. The van der Waals surface area contributed by atoms with Crippen molar-refractivity contribution in [3.63, 3.8) is 0 Å². The van der Waals surface area contributed by atoms with E-state index in [0.717, 1.165) is 12.8 Å². The van der Waals surface area contributed by atoms with Gasteiger partial charge in [0, 0.05) is 20.1 Å². The molecule has 0 aliphatic carbocycles. The number of hydrogen-bond acceptors (Lipinski definition) is 2. The maximum absolute atomic E-state index is 11.3. The number of rotatable bonds is 7. The van der Waals surface area contributed by atoms with Crippen LogP contribution in [0.4, 0.5) is 0 Å². The van der Waals surface area contributed by atoms with Crippen LogP contribution in [-0.4, -0.2) is 26.2 Å². The molecule has 1 aromatic rings. The first-order valence-corrected chi connectivity index (χ1v) is 5.62. The molecular formula is C13H19NO2. The van der Waals surface area contributed by atoms with Crippen LogP contribution in [0, 0.1) is 0 Å². The summed E-state index contributed by atoms with van der Waals surface area (Å²) in [6.07, 6.45) is 2.43. The molecule has 0 heterocycles. The second-order valence-electron chi connectivity index (χ2n) is 3.68. The van der Waals surface area contributed by atoms with E-state index in [2.05, 4.69) is 17.4 Å². The lowest BCUT2D eigenvalue weighted by molar-refractivity contribution is -0.121. The minimum atomic E-state index is 0.105. The van der Waals surface area contributed by atoms with E-state index in [9.17, 15) is 4.79 Å². The summed E-state index contributed by atoms with van der Waals surface area (Å²) < 4.78 is 4.85. The SMILES string of the molecule is COCCNC(=O)CCCc1ccccc1. The van der Waals surface area contributed by atoms with E-state index in [-0.39, 0.29) is 5.91 Å². The maximum atomic E-state index is 11.3. The summed E-state index contributed by atoms with van der Waals surface area (Å²) in [5.74, 6) is 0.105. The molecule has 3 nitrogen and oxygen atoms in total. The predicted octanol–water partition coefficient (Wildman–Crippen LogP) is 1.77. The van der Waals surface area contributed by atoms with Crippen LogP contribution in [0.1, 0.15) is 18.4 Å². The molecule has 88 valence electrons. The molecule has 0 aliphatic heterocycles. The summed E-state index contributed by atoms with van der Waals surface area (Å²) >= 11 is 0. The van der Waals surface area contributed by atoms with Crippen molar-refractivity contribution in [2.45, 2.75) is 19.3 Å². The Bertz CT molecular complexity index is 298. The Morgan fingerprint density at radius 2 is 2.06 bits per heavy atom. The lowest BCUT2D eigenvalue weighted by atomic mass is 10.1.